The zero-order valence-corrected chi connectivity index (χ0v) is 14.3. The van der Waals surface area contributed by atoms with Crippen LogP contribution in [-0.2, 0) is 6.42 Å². The molecule has 1 aromatic heterocycles. The Kier molecular flexibility index (Phi) is 5.01. The normalized spacial score (nSPS) is 10.4. The first-order valence-electron chi connectivity index (χ1n) is 7.14. The number of nitro benzene ring substituents is 1. The van der Waals surface area contributed by atoms with Crippen molar-refractivity contribution in [3.8, 4) is 0 Å². The van der Waals surface area contributed by atoms with Crippen LogP contribution in [0.2, 0.25) is 5.02 Å². The molecule has 0 saturated carbocycles. The van der Waals surface area contributed by atoms with Gasteiger partial charge in [-0.25, -0.2) is 0 Å². The Hall–Kier alpha value is -2.84. The van der Waals surface area contributed by atoms with Crippen LogP contribution in [0.3, 0.4) is 0 Å². The molecular weight excluding hydrogens is 364 g/mol. The highest BCUT2D eigenvalue weighted by molar-refractivity contribution is 7.15. The fourth-order valence-electron chi connectivity index (χ4n) is 2.16. The van der Waals surface area contributed by atoms with Gasteiger partial charge in [0.05, 0.1) is 4.92 Å². The third-order valence-corrected chi connectivity index (χ3v) is 4.36. The number of halogens is 1. The lowest BCUT2D eigenvalue weighted by atomic mass is 10.1. The number of rotatable bonds is 5. The second kappa shape index (κ2) is 7.37. The van der Waals surface area contributed by atoms with E-state index in [0.717, 1.165) is 16.6 Å². The van der Waals surface area contributed by atoms with E-state index in [1.807, 2.05) is 30.3 Å². The van der Waals surface area contributed by atoms with Crippen LogP contribution < -0.4 is 5.32 Å². The Bertz CT molecular complexity index is 930. The number of hydrogen-bond acceptors (Lipinski definition) is 6. The van der Waals surface area contributed by atoms with Gasteiger partial charge in [-0.15, -0.1) is 10.2 Å². The average molecular weight is 375 g/mol. The predicted molar refractivity (Wildman–Crippen MR) is 95.2 cm³/mol. The largest absolute Gasteiger partial charge is 0.296 e. The number of aromatic nitrogens is 2. The lowest BCUT2D eigenvalue weighted by molar-refractivity contribution is -0.385. The van der Waals surface area contributed by atoms with Crippen LogP contribution in [0.4, 0.5) is 10.8 Å². The first-order valence-corrected chi connectivity index (χ1v) is 8.34. The Balaban J connectivity index is 1.75. The van der Waals surface area contributed by atoms with Crippen molar-refractivity contribution in [2.24, 2.45) is 0 Å². The summed E-state index contributed by atoms with van der Waals surface area (Å²) >= 11 is 6.97. The lowest BCUT2D eigenvalue weighted by Crippen LogP contribution is -2.13. The smallest absolute Gasteiger partial charge is 0.283 e. The summed E-state index contributed by atoms with van der Waals surface area (Å²) < 4.78 is 0. The first kappa shape index (κ1) is 17.0. The van der Waals surface area contributed by atoms with E-state index in [9.17, 15) is 14.9 Å². The van der Waals surface area contributed by atoms with Gasteiger partial charge in [0.1, 0.15) is 10.6 Å². The Morgan fingerprint density at radius 3 is 2.68 bits per heavy atom. The second-order valence-corrected chi connectivity index (χ2v) is 6.53. The highest BCUT2D eigenvalue weighted by Crippen LogP contribution is 2.25. The second-order valence-electron chi connectivity index (χ2n) is 5.04. The maximum atomic E-state index is 12.3. The molecule has 0 unspecified atom stereocenters. The molecular formula is C16H11ClN4O3S. The minimum Gasteiger partial charge on any atom is -0.296 e. The summed E-state index contributed by atoms with van der Waals surface area (Å²) in [5, 5.41) is 22.7. The molecule has 0 spiro atoms. The van der Waals surface area contributed by atoms with Gasteiger partial charge in [-0.3, -0.25) is 20.2 Å². The molecule has 3 aromatic rings. The van der Waals surface area contributed by atoms with Gasteiger partial charge in [-0.2, -0.15) is 0 Å². The van der Waals surface area contributed by atoms with Crippen LogP contribution in [0.25, 0.3) is 0 Å². The molecule has 0 radical (unpaired) electrons. The number of benzene rings is 2. The quantitative estimate of drug-likeness (QED) is 0.538. The summed E-state index contributed by atoms with van der Waals surface area (Å²) in [6.07, 6.45) is 0.593. The number of carbonyl (C=O) groups excluding carboxylic acids is 1. The van der Waals surface area contributed by atoms with Crippen LogP contribution in [0, 0.1) is 10.1 Å². The molecule has 0 atom stereocenters. The number of hydrogen-bond donors (Lipinski definition) is 1. The van der Waals surface area contributed by atoms with Crippen molar-refractivity contribution < 1.29 is 9.72 Å². The maximum absolute atomic E-state index is 12.3. The van der Waals surface area contributed by atoms with Gasteiger partial charge in [-0.1, -0.05) is 53.3 Å². The predicted octanol–water partition coefficient (Wildman–Crippen LogP) is 3.94. The van der Waals surface area contributed by atoms with E-state index in [2.05, 4.69) is 15.5 Å². The molecule has 9 heteroatoms. The molecule has 0 saturated heterocycles. The molecule has 7 nitrogen and oxygen atoms in total. The summed E-state index contributed by atoms with van der Waals surface area (Å²) in [5.74, 6) is -0.634. The summed E-state index contributed by atoms with van der Waals surface area (Å²) in [6, 6.07) is 13.6. The Labute approximate surface area is 151 Å². The van der Waals surface area contributed by atoms with E-state index in [1.54, 1.807) is 0 Å². The standard InChI is InChI=1S/C16H11ClN4O3S/c17-11-6-7-12(13(9-11)21(23)24)15(22)18-16-20-19-14(25-16)8-10-4-2-1-3-5-10/h1-7,9H,8H2,(H,18,20,22). The molecule has 2 aromatic carbocycles. The summed E-state index contributed by atoms with van der Waals surface area (Å²) in [4.78, 5) is 22.7. The molecule has 0 aliphatic rings. The van der Waals surface area contributed by atoms with Gasteiger partial charge in [0.15, 0.2) is 0 Å². The lowest BCUT2D eigenvalue weighted by Gasteiger charge is -2.03. The van der Waals surface area contributed by atoms with Crippen molar-refractivity contribution >= 4 is 39.7 Å². The molecule has 3 rings (SSSR count). The molecule has 0 aliphatic carbocycles. The fourth-order valence-corrected chi connectivity index (χ4v) is 3.09. The van der Waals surface area contributed by atoms with E-state index in [0.29, 0.717) is 6.42 Å². The maximum Gasteiger partial charge on any atom is 0.283 e. The topological polar surface area (TPSA) is 98.0 Å². The van der Waals surface area contributed by atoms with Crippen molar-refractivity contribution in [3.63, 3.8) is 0 Å². The summed E-state index contributed by atoms with van der Waals surface area (Å²) in [6.45, 7) is 0. The van der Waals surface area contributed by atoms with Gasteiger partial charge in [0, 0.05) is 17.5 Å². The molecule has 0 bridgehead atoms. The van der Waals surface area contributed by atoms with Gasteiger partial charge < -0.3 is 0 Å². The summed E-state index contributed by atoms with van der Waals surface area (Å²) in [5.41, 5.74) is 0.623. The highest BCUT2D eigenvalue weighted by Gasteiger charge is 2.21. The number of nitrogens with zero attached hydrogens (tertiary/aromatic N) is 3. The fraction of sp³-hybridized carbons (Fsp3) is 0.0625. The monoisotopic (exact) mass is 374 g/mol. The number of amides is 1. The van der Waals surface area contributed by atoms with Crippen molar-refractivity contribution in [1.82, 2.24) is 10.2 Å². The van der Waals surface area contributed by atoms with Crippen molar-refractivity contribution in [1.29, 1.82) is 0 Å². The molecule has 0 fully saturated rings. The molecule has 1 heterocycles. The molecule has 25 heavy (non-hydrogen) atoms. The number of anilines is 1. The van der Waals surface area contributed by atoms with Crippen LogP contribution in [0.15, 0.2) is 48.5 Å². The zero-order valence-electron chi connectivity index (χ0n) is 12.7. The molecule has 126 valence electrons. The minimum atomic E-state index is -0.651. The van der Waals surface area contributed by atoms with Gasteiger partial charge >= 0.3 is 0 Å². The highest BCUT2D eigenvalue weighted by atomic mass is 35.5. The third-order valence-electron chi connectivity index (χ3n) is 3.29. The summed E-state index contributed by atoms with van der Waals surface area (Å²) in [7, 11) is 0. The van der Waals surface area contributed by atoms with Crippen molar-refractivity contribution in [2.75, 3.05) is 5.32 Å². The van der Waals surface area contributed by atoms with E-state index < -0.39 is 10.8 Å². The average Bonchev–Trinajstić information content (AvgIpc) is 3.02. The molecule has 0 aliphatic heterocycles. The Morgan fingerprint density at radius 1 is 1.20 bits per heavy atom. The molecule has 1 N–H and O–H groups in total. The number of nitrogens with one attached hydrogen (secondary N) is 1. The minimum absolute atomic E-state index is 0.0887. The Morgan fingerprint density at radius 2 is 1.96 bits per heavy atom. The van der Waals surface area contributed by atoms with E-state index in [4.69, 9.17) is 11.6 Å². The van der Waals surface area contributed by atoms with Crippen molar-refractivity contribution in [3.05, 3.63) is 79.8 Å². The zero-order chi connectivity index (χ0) is 17.8. The van der Waals surface area contributed by atoms with Crippen LogP contribution >= 0.6 is 22.9 Å². The number of nitro groups is 1. The first-order chi connectivity index (χ1) is 12.0. The van der Waals surface area contributed by atoms with Gasteiger partial charge in [-0.05, 0) is 17.7 Å². The van der Waals surface area contributed by atoms with Gasteiger partial charge in [0.25, 0.3) is 11.6 Å². The third kappa shape index (κ3) is 4.17. The molecule has 1 amide bonds. The number of carbonyl (C=O) groups is 1. The van der Waals surface area contributed by atoms with E-state index in [1.165, 1.54) is 23.5 Å². The van der Waals surface area contributed by atoms with E-state index in [-0.39, 0.29) is 21.4 Å². The van der Waals surface area contributed by atoms with Crippen LogP contribution in [-0.4, -0.2) is 21.0 Å². The SMILES string of the molecule is O=C(Nc1nnc(Cc2ccccc2)s1)c1ccc(Cl)cc1[N+](=O)[O-]. The van der Waals surface area contributed by atoms with Crippen LogP contribution in [0.5, 0.6) is 0 Å². The van der Waals surface area contributed by atoms with Gasteiger partial charge in [0.2, 0.25) is 5.13 Å². The van der Waals surface area contributed by atoms with Crippen molar-refractivity contribution in [2.45, 2.75) is 6.42 Å². The van der Waals surface area contributed by atoms with Crippen LogP contribution in [0.1, 0.15) is 20.9 Å². The van der Waals surface area contributed by atoms with E-state index >= 15 is 0 Å².